The molecule has 0 bridgehead atoms. The van der Waals surface area contributed by atoms with Gasteiger partial charge in [0.1, 0.15) is 6.04 Å². The van der Waals surface area contributed by atoms with Crippen molar-refractivity contribution >= 4 is 23.4 Å². The fourth-order valence-corrected chi connectivity index (χ4v) is 5.99. The highest BCUT2D eigenvalue weighted by molar-refractivity contribution is 5.93. The summed E-state index contributed by atoms with van der Waals surface area (Å²) in [5, 5.41) is 8.63. The maximum Gasteiger partial charge on any atom is 0.418 e. The number of likely N-dealkylation sites (tertiary alicyclic amines) is 1. The lowest BCUT2D eigenvalue weighted by molar-refractivity contribution is -0.138. The van der Waals surface area contributed by atoms with Crippen LogP contribution in [-0.2, 0) is 25.3 Å². The summed E-state index contributed by atoms with van der Waals surface area (Å²) in [7, 11) is 0. The summed E-state index contributed by atoms with van der Waals surface area (Å²) in [6, 6.07) is 4.24. The van der Waals surface area contributed by atoms with Crippen LogP contribution in [0.15, 0.2) is 36.4 Å². The van der Waals surface area contributed by atoms with Gasteiger partial charge in [0.2, 0.25) is 17.7 Å². The second-order valence-electron chi connectivity index (χ2n) is 12.0. The van der Waals surface area contributed by atoms with Gasteiger partial charge in [0.15, 0.2) is 0 Å². The number of rotatable bonds is 5. The van der Waals surface area contributed by atoms with E-state index in [1.54, 1.807) is 0 Å². The van der Waals surface area contributed by atoms with Crippen LogP contribution in [0.25, 0.3) is 0 Å². The minimum Gasteiger partial charge on any atom is -0.381 e. The monoisotopic (exact) mass is 578 g/mol. The molecule has 0 unspecified atom stereocenters. The Bertz CT molecular complexity index is 1120. The smallest absolute Gasteiger partial charge is 0.381 e. The van der Waals surface area contributed by atoms with E-state index in [4.69, 9.17) is 4.74 Å². The molecule has 3 aliphatic heterocycles. The van der Waals surface area contributed by atoms with Crippen molar-refractivity contribution in [2.45, 2.75) is 70.6 Å². The number of fused-ring (bicyclic) bond motifs is 1. The average Bonchev–Trinajstić information content (AvgIpc) is 2.91. The van der Waals surface area contributed by atoms with Crippen LogP contribution in [-0.4, -0.2) is 67.6 Å². The molecule has 3 N–H and O–H groups in total. The summed E-state index contributed by atoms with van der Waals surface area (Å²) >= 11 is 0. The number of allylic oxidation sites excluding steroid dienone is 2. The molecule has 41 heavy (non-hydrogen) atoms. The Morgan fingerprint density at radius 2 is 1.88 bits per heavy atom. The first-order valence-corrected chi connectivity index (χ1v) is 14.5. The van der Waals surface area contributed by atoms with Crippen molar-refractivity contribution in [1.29, 1.82) is 0 Å². The molecule has 3 amide bonds. The summed E-state index contributed by atoms with van der Waals surface area (Å²) in [6.45, 7) is 5.97. The van der Waals surface area contributed by atoms with E-state index in [1.165, 1.54) is 18.2 Å². The number of nitrogens with one attached hydrogen (secondary N) is 3. The van der Waals surface area contributed by atoms with Crippen molar-refractivity contribution in [1.82, 2.24) is 15.5 Å². The molecule has 3 aliphatic rings. The summed E-state index contributed by atoms with van der Waals surface area (Å²) in [5.41, 5.74) is -1.92. The molecule has 0 radical (unpaired) electrons. The Hall–Kier alpha value is -2.92. The van der Waals surface area contributed by atoms with E-state index < -0.39 is 29.1 Å². The van der Waals surface area contributed by atoms with Crippen molar-refractivity contribution in [2.24, 2.45) is 17.3 Å². The number of carbonyl (C=O) groups excluding carboxylic acids is 3. The number of piperidine rings is 1. The Balaban J connectivity index is 1.44. The number of amides is 3. The van der Waals surface area contributed by atoms with Gasteiger partial charge in [-0.3, -0.25) is 19.3 Å². The van der Waals surface area contributed by atoms with E-state index in [9.17, 15) is 27.6 Å². The predicted molar refractivity (Wildman–Crippen MR) is 149 cm³/mol. The van der Waals surface area contributed by atoms with E-state index in [-0.39, 0.29) is 41.9 Å². The van der Waals surface area contributed by atoms with Crippen molar-refractivity contribution < 1.29 is 32.3 Å². The third kappa shape index (κ3) is 8.09. The van der Waals surface area contributed by atoms with Crippen LogP contribution in [0, 0.1) is 17.3 Å². The number of anilines is 1. The molecule has 2 fully saturated rings. The zero-order chi connectivity index (χ0) is 29.6. The topological polar surface area (TPSA) is 99.8 Å². The lowest BCUT2D eigenvalue weighted by atomic mass is 9.74. The highest BCUT2D eigenvalue weighted by Crippen LogP contribution is 2.37. The first-order valence-electron chi connectivity index (χ1n) is 14.5. The van der Waals surface area contributed by atoms with Crippen molar-refractivity contribution in [3.8, 4) is 0 Å². The summed E-state index contributed by atoms with van der Waals surface area (Å²) in [5.74, 6) is -0.522. The second kappa shape index (κ2) is 13.4. The van der Waals surface area contributed by atoms with E-state index in [0.717, 1.165) is 18.9 Å². The number of para-hydroxylation sites is 1. The van der Waals surface area contributed by atoms with Crippen LogP contribution >= 0.6 is 0 Å². The number of alkyl halides is 3. The largest absolute Gasteiger partial charge is 0.418 e. The molecule has 11 heteroatoms. The van der Waals surface area contributed by atoms with Crippen molar-refractivity contribution in [3.63, 3.8) is 0 Å². The van der Waals surface area contributed by atoms with E-state index in [1.807, 2.05) is 24.8 Å². The lowest BCUT2D eigenvalue weighted by Gasteiger charge is -2.41. The van der Waals surface area contributed by atoms with E-state index in [0.29, 0.717) is 52.0 Å². The minimum absolute atomic E-state index is 0.00154. The second-order valence-corrected chi connectivity index (χ2v) is 12.0. The number of hydrogen-bond acceptors (Lipinski definition) is 5. The molecule has 1 aromatic rings. The molecule has 3 atom stereocenters. The molecule has 3 heterocycles. The quantitative estimate of drug-likeness (QED) is 0.457. The number of nitrogens with zero attached hydrogens (tertiary/aromatic N) is 1. The van der Waals surface area contributed by atoms with Crippen LogP contribution in [0.1, 0.15) is 57.9 Å². The molecule has 1 spiro atoms. The van der Waals surface area contributed by atoms with Gasteiger partial charge < -0.3 is 20.7 Å². The van der Waals surface area contributed by atoms with Gasteiger partial charge in [0.25, 0.3) is 0 Å². The fourth-order valence-electron chi connectivity index (χ4n) is 5.99. The molecular weight excluding hydrogens is 537 g/mol. The van der Waals surface area contributed by atoms with Gasteiger partial charge in [0, 0.05) is 18.6 Å². The normalized spacial score (nSPS) is 26.7. The number of ether oxygens (including phenoxy) is 1. The molecule has 1 aromatic carbocycles. The molecule has 0 aliphatic carbocycles. The Morgan fingerprint density at radius 1 is 1.15 bits per heavy atom. The summed E-state index contributed by atoms with van der Waals surface area (Å²) < 4.78 is 45.7. The van der Waals surface area contributed by atoms with Gasteiger partial charge in [-0.05, 0) is 69.7 Å². The van der Waals surface area contributed by atoms with Gasteiger partial charge in [0.05, 0.1) is 29.8 Å². The fraction of sp³-hybridized carbons (Fsp3) is 0.633. The third-order valence-electron chi connectivity index (χ3n) is 8.41. The summed E-state index contributed by atoms with van der Waals surface area (Å²) in [6.07, 6.45) is 2.95. The number of hydrogen-bond donors (Lipinski definition) is 3. The average molecular weight is 579 g/mol. The molecule has 0 saturated carbocycles. The van der Waals surface area contributed by atoms with Crippen LogP contribution < -0.4 is 16.0 Å². The number of halogens is 3. The Labute approximate surface area is 239 Å². The first-order chi connectivity index (χ1) is 19.5. The summed E-state index contributed by atoms with van der Waals surface area (Å²) in [4.78, 5) is 41.7. The van der Waals surface area contributed by atoms with Crippen LogP contribution in [0.4, 0.5) is 18.9 Å². The van der Waals surface area contributed by atoms with Gasteiger partial charge in [-0.2, -0.15) is 13.2 Å². The van der Waals surface area contributed by atoms with E-state index in [2.05, 4.69) is 22.0 Å². The van der Waals surface area contributed by atoms with Gasteiger partial charge in [-0.1, -0.05) is 38.1 Å². The van der Waals surface area contributed by atoms with Gasteiger partial charge >= 0.3 is 6.18 Å². The molecular formula is C30H41F3N4O4. The Morgan fingerprint density at radius 3 is 2.59 bits per heavy atom. The molecule has 226 valence electrons. The number of benzene rings is 1. The van der Waals surface area contributed by atoms with Gasteiger partial charge in [-0.25, -0.2) is 0 Å². The zero-order valence-corrected chi connectivity index (χ0v) is 23.8. The van der Waals surface area contributed by atoms with Crippen LogP contribution in [0.2, 0.25) is 0 Å². The highest BCUT2D eigenvalue weighted by atomic mass is 19.4. The molecule has 4 rings (SSSR count). The highest BCUT2D eigenvalue weighted by Gasteiger charge is 2.43. The minimum atomic E-state index is -4.58. The maximum absolute atomic E-state index is 13.8. The lowest BCUT2D eigenvalue weighted by Crippen LogP contribution is -2.57. The third-order valence-corrected chi connectivity index (χ3v) is 8.41. The molecule has 8 nitrogen and oxygen atoms in total. The van der Waals surface area contributed by atoms with E-state index >= 15 is 0 Å². The first kappa shape index (κ1) is 31.0. The van der Waals surface area contributed by atoms with Crippen LogP contribution in [0.3, 0.4) is 0 Å². The maximum atomic E-state index is 13.8. The van der Waals surface area contributed by atoms with Crippen molar-refractivity contribution in [2.75, 3.05) is 38.2 Å². The molecule has 0 aromatic heterocycles. The van der Waals surface area contributed by atoms with Crippen LogP contribution in [0.5, 0.6) is 0 Å². The standard InChI is InChI=1S/C30H41F3N4O4/c1-20(2)17-25-27(39)35-23-10-16-41-19-21(23)7-5-6-11-29(28(40)36-25)12-14-37(15-13-29)18-26(38)34-24-9-4-3-8-22(24)30(31,32)33/h3-6,8-9,20-21,23,25H,7,10-19H2,1-2H3,(H,34,38)(H,35,39)(H,36,40)/b6-5-/t21-,23+,25-/m1/s1. The zero-order valence-electron chi connectivity index (χ0n) is 23.8. The number of carbonyl (C=O) groups is 3. The predicted octanol–water partition coefficient (Wildman–Crippen LogP) is 4.13. The SMILES string of the molecule is CC(C)C[C@H]1NC(=O)C2(C/C=C\C[C@@H]3COCC[C@@H]3NC1=O)CCN(CC(=O)Nc1ccccc1C(F)(F)F)CC2. The molecule has 2 saturated heterocycles. The van der Waals surface area contributed by atoms with Gasteiger partial charge in [-0.15, -0.1) is 0 Å². The van der Waals surface area contributed by atoms with Crippen molar-refractivity contribution in [3.05, 3.63) is 42.0 Å². The Kier molecular flexibility index (Phi) is 10.1.